The van der Waals surface area contributed by atoms with Crippen LogP contribution in [0.15, 0.2) is 87.5 Å². The molecule has 0 radical (unpaired) electrons. The predicted octanol–water partition coefficient (Wildman–Crippen LogP) is 5.81. The van der Waals surface area contributed by atoms with Crippen molar-refractivity contribution in [3.8, 4) is 0 Å². The van der Waals surface area contributed by atoms with Crippen LogP contribution in [0, 0.1) is 5.41 Å². The number of carbonyl (C=O) groups is 2. The number of hydrogen-bond acceptors (Lipinski definition) is 5. The first-order chi connectivity index (χ1) is 14.8. The molecule has 7 heteroatoms. The fourth-order valence-electron chi connectivity index (χ4n) is 3.17. The van der Waals surface area contributed by atoms with Crippen LogP contribution in [0.1, 0.15) is 12.5 Å². The molecule has 0 fully saturated rings. The van der Waals surface area contributed by atoms with Gasteiger partial charge in [-0.3, -0.25) is 9.59 Å². The van der Waals surface area contributed by atoms with Gasteiger partial charge in [-0.2, -0.15) is 0 Å². The summed E-state index contributed by atoms with van der Waals surface area (Å²) in [5, 5.41) is 5.78. The summed E-state index contributed by atoms with van der Waals surface area (Å²) in [6.07, 6.45) is 2.22. The molecule has 0 aromatic heterocycles. The van der Waals surface area contributed by atoms with Gasteiger partial charge >= 0.3 is 0 Å². The van der Waals surface area contributed by atoms with Gasteiger partial charge in [-0.15, -0.1) is 37.0 Å². The molecule has 0 heterocycles. The van der Waals surface area contributed by atoms with Crippen molar-refractivity contribution in [1.29, 1.82) is 0 Å². The number of para-hydroxylation sites is 2. The molecule has 4 nitrogen and oxygen atoms in total. The Morgan fingerprint density at radius 2 is 1.26 bits per heavy atom. The van der Waals surface area contributed by atoms with Crippen LogP contribution in [-0.2, 0) is 16.0 Å². The highest BCUT2D eigenvalue weighted by Crippen LogP contribution is 2.33. The number of nitrogens with one attached hydrogen (secondary N) is 2. The Morgan fingerprint density at radius 3 is 1.74 bits per heavy atom. The summed E-state index contributed by atoms with van der Waals surface area (Å²) >= 11 is 10.4. The van der Waals surface area contributed by atoms with Crippen molar-refractivity contribution in [3.63, 3.8) is 0 Å². The van der Waals surface area contributed by atoms with Crippen molar-refractivity contribution in [2.24, 2.45) is 5.41 Å². The highest BCUT2D eigenvalue weighted by molar-refractivity contribution is 7.98. The second-order valence-corrected chi connectivity index (χ2v) is 9.07. The standard InChI is InChI=1S/C24H24N2O2S3/c1-24(15-16-9-3-8-14-21(16)31-2,22(27)25-17-10-4-6-12-19(17)29)23(28)26-18-11-5-7-13-20(18)30/h3-14,29-30H,15H2,1-2H3,(H,25,27)(H,26,28). The lowest BCUT2D eigenvalue weighted by Crippen LogP contribution is -2.45. The molecular weight excluding hydrogens is 444 g/mol. The average Bonchev–Trinajstić information content (AvgIpc) is 2.77. The van der Waals surface area contributed by atoms with E-state index in [4.69, 9.17) is 0 Å². The van der Waals surface area contributed by atoms with Crippen LogP contribution in [0.25, 0.3) is 0 Å². The number of amides is 2. The summed E-state index contributed by atoms with van der Waals surface area (Å²) in [6.45, 7) is 1.66. The molecule has 0 spiro atoms. The molecule has 3 aromatic carbocycles. The Hall–Kier alpha value is -2.35. The smallest absolute Gasteiger partial charge is 0.240 e. The van der Waals surface area contributed by atoms with Crippen molar-refractivity contribution >= 4 is 60.2 Å². The lowest BCUT2D eigenvalue weighted by molar-refractivity contribution is -0.136. The van der Waals surface area contributed by atoms with Crippen LogP contribution in [0.4, 0.5) is 11.4 Å². The topological polar surface area (TPSA) is 58.2 Å². The van der Waals surface area contributed by atoms with E-state index in [-0.39, 0.29) is 6.42 Å². The lowest BCUT2D eigenvalue weighted by atomic mass is 9.81. The van der Waals surface area contributed by atoms with Gasteiger partial charge in [-0.25, -0.2) is 0 Å². The molecular formula is C24H24N2O2S3. The van der Waals surface area contributed by atoms with Gasteiger partial charge in [-0.1, -0.05) is 42.5 Å². The molecule has 0 aliphatic rings. The molecule has 31 heavy (non-hydrogen) atoms. The third-order valence-corrected chi connectivity index (χ3v) is 6.66. The predicted molar refractivity (Wildman–Crippen MR) is 135 cm³/mol. The Bertz CT molecular complexity index is 1040. The number of hydrogen-bond donors (Lipinski definition) is 4. The molecule has 0 saturated carbocycles. The largest absolute Gasteiger partial charge is 0.324 e. The molecule has 3 rings (SSSR count). The van der Waals surface area contributed by atoms with E-state index in [1.165, 1.54) is 0 Å². The zero-order valence-electron chi connectivity index (χ0n) is 17.3. The van der Waals surface area contributed by atoms with Crippen molar-refractivity contribution in [2.75, 3.05) is 16.9 Å². The first-order valence-electron chi connectivity index (χ1n) is 9.66. The number of benzene rings is 3. The van der Waals surface area contributed by atoms with Crippen LogP contribution in [0.3, 0.4) is 0 Å². The van der Waals surface area contributed by atoms with Gasteiger partial charge < -0.3 is 10.6 Å². The summed E-state index contributed by atoms with van der Waals surface area (Å²) in [7, 11) is 0. The van der Waals surface area contributed by atoms with Gasteiger partial charge in [-0.05, 0) is 55.5 Å². The van der Waals surface area contributed by atoms with Gasteiger partial charge in [0.05, 0.1) is 11.4 Å². The summed E-state index contributed by atoms with van der Waals surface area (Å²) < 4.78 is 0. The fraction of sp³-hybridized carbons (Fsp3) is 0.167. The zero-order chi connectivity index (χ0) is 22.4. The highest BCUT2D eigenvalue weighted by Gasteiger charge is 2.42. The third-order valence-electron chi connectivity index (χ3n) is 5.04. The molecule has 160 valence electrons. The molecule has 0 aliphatic carbocycles. The van der Waals surface area contributed by atoms with Crippen LogP contribution in [-0.4, -0.2) is 18.1 Å². The maximum atomic E-state index is 13.5. The third kappa shape index (κ3) is 5.47. The molecule has 0 atom stereocenters. The van der Waals surface area contributed by atoms with Crippen LogP contribution in [0.5, 0.6) is 0 Å². The van der Waals surface area contributed by atoms with E-state index >= 15 is 0 Å². The van der Waals surface area contributed by atoms with Gasteiger partial charge in [0.25, 0.3) is 0 Å². The fourth-order valence-corrected chi connectivity index (χ4v) is 4.22. The molecule has 0 saturated heterocycles. The van der Waals surface area contributed by atoms with E-state index in [1.807, 2.05) is 54.8 Å². The second kappa shape index (κ2) is 10.3. The van der Waals surface area contributed by atoms with Crippen molar-refractivity contribution in [3.05, 3.63) is 78.4 Å². The summed E-state index contributed by atoms with van der Waals surface area (Å²) in [6, 6.07) is 22.2. The Labute approximate surface area is 198 Å². The minimum absolute atomic E-state index is 0.241. The van der Waals surface area contributed by atoms with Gasteiger partial charge in [0.2, 0.25) is 11.8 Å². The normalized spacial score (nSPS) is 11.1. The molecule has 2 N–H and O–H groups in total. The maximum Gasteiger partial charge on any atom is 0.240 e. The van der Waals surface area contributed by atoms with Gasteiger partial charge in [0.15, 0.2) is 0 Å². The van der Waals surface area contributed by atoms with E-state index in [0.717, 1.165) is 10.5 Å². The van der Waals surface area contributed by atoms with E-state index in [1.54, 1.807) is 43.0 Å². The zero-order valence-corrected chi connectivity index (χ0v) is 19.9. The number of carbonyl (C=O) groups excluding carboxylic acids is 2. The van der Waals surface area contributed by atoms with Crippen molar-refractivity contribution < 1.29 is 9.59 Å². The summed E-state index contributed by atoms with van der Waals surface area (Å²) in [5.74, 6) is -0.807. The molecule has 3 aromatic rings. The Morgan fingerprint density at radius 1 is 0.806 bits per heavy atom. The number of thioether (sulfide) groups is 1. The SMILES string of the molecule is CSc1ccccc1CC(C)(C(=O)Nc1ccccc1S)C(=O)Nc1ccccc1S. The molecule has 2 amide bonds. The minimum atomic E-state index is -1.38. The molecule has 0 aliphatic heterocycles. The van der Waals surface area contributed by atoms with E-state index in [9.17, 15) is 9.59 Å². The number of anilines is 2. The maximum absolute atomic E-state index is 13.5. The van der Waals surface area contributed by atoms with Crippen molar-refractivity contribution in [1.82, 2.24) is 0 Å². The molecule has 0 bridgehead atoms. The van der Waals surface area contributed by atoms with E-state index in [0.29, 0.717) is 21.2 Å². The first-order valence-corrected chi connectivity index (χ1v) is 11.8. The van der Waals surface area contributed by atoms with E-state index in [2.05, 4.69) is 35.9 Å². The van der Waals surface area contributed by atoms with Gasteiger partial charge in [0, 0.05) is 14.7 Å². The summed E-state index contributed by atoms with van der Waals surface area (Å²) in [5.41, 5.74) is 0.670. The quantitative estimate of drug-likeness (QED) is 0.201. The number of rotatable bonds is 7. The number of thiol groups is 2. The van der Waals surface area contributed by atoms with Gasteiger partial charge in [0.1, 0.15) is 5.41 Å². The van der Waals surface area contributed by atoms with Crippen molar-refractivity contribution in [2.45, 2.75) is 28.0 Å². The highest BCUT2D eigenvalue weighted by atomic mass is 32.2. The van der Waals surface area contributed by atoms with Crippen LogP contribution in [0.2, 0.25) is 0 Å². The second-order valence-electron chi connectivity index (χ2n) is 7.26. The van der Waals surface area contributed by atoms with Crippen LogP contribution >= 0.6 is 37.0 Å². The van der Waals surface area contributed by atoms with E-state index < -0.39 is 17.2 Å². The Kier molecular flexibility index (Phi) is 7.75. The monoisotopic (exact) mass is 468 g/mol. The molecule has 0 unspecified atom stereocenters. The lowest BCUT2D eigenvalue weighted by Gasteiger charge is -2.28. The Balaban J connectivity index is 1.97. The average molecular weight is 469 g/mol. The first kappa shape index (κ1) is 23.3. The minimum Gasteiger partial charge on any atom is -0.324 e. The van der Waals surface area contributed by atoms with Crippen LogP contribution < -0.4 is 10.6 Å². The summed E-state index contributed by atoms with van der Waals surface area (Å²) in [4.78, 5) is 29.2.